The van der Waals surface area contributed by atoms with Gasteiger partial charge in [-0.3, -0.25) is 4.79 Å². The molecular formula is C13H24N2O3. The summed E-state index contributed by atoms with van der Waals surface area (Å²) in [5.74, 6) is -0.682. The molecule has 0 aliphatic heterocycles. The van der Waals surface area contributed by atoms with Crippen molar-refractivity contribution in [1.82, 2.24) is 10.6 Å². The summed E-state index contributed by atoms with van der Waals surface area (Å²) < 4.78 is 0. The van der Waals surface area contributed by atoms with Crippen LogP contribution in [0.1, 0.15) is 46.5 Å². The number of carboxylic acid groups (broad SMARTS) is 1. The van der Waals surface area contributed by atoms with E-state index >= 15 is 0 Å². The van der Waals surface area contributed by atoms with Crippen LogP contribution < -0.4 is 10.6 Å². The highest BCUT2D eigenvalue weighted by atomic mass is 16.4. The van der Waals surface area contributed by atoms with Gasteiger partial charge in [-0.1, -0.05) is 20.3 Å². The van der Waals surface area contributed by atoms with Crippen molar-refractivity contribution in [2.45, 2.75) is 58.5 Å². The number of hydrogen-bond acceptors (Lipinski definition) is 2. The van der Waals surface area contributed by atoms with E-state index in [1.54, 1.807) is 0 Å². The van der Waals surface area contributed by atoms with Gasteiger partial charge in [0.15, 0.2) is 0 Å². The Morgan fingerprint density at radius 2 is 1.89 bits per heavy atom. The summed E-state index contributed by atoms with van der Waals surface area (Å²) >= 11 is 0. The first-order valence-electron chi connectivity index (χ1n) is 6.70. The van der Waals surface area contributed by atoms with Gasteiger partial charge in [0.05, 0.1) is 5.92 Å². The number of aliphatic carboxylic acids is 1. The number of carbonyl (C=O) groups excluding carboxylic acids is 1. The number of amides is 2. The van der Waals surface area contributed by atoms with Gasteiger partial charge in [-0.2, -0.15) is 0 Å². The second-order valence-electron chi connectivity index (χ2n) is 5.55. The maximum atomic E-state index is 11.7. The van der Waals surface area contributed by atoms with Gasteiger partial charge in [0, 0.05) is 12.1 Å². The van der Waals surface area contributed by atoms with Crippen LogP contribution >= 0.6 is 0 Å². The standard InChI is InChI=1S/C13H24N2O3/c1-8(2)9(3)14-13(18)15-11-6-4-5-10(7-11)12(16)17/h8-11H,4-7H2,1-3H3,(H,16,17)(H2,14,15,18). The first kappa shape index (κ1) is 14.8. The lowest BCUT2D eigenvalue weighted by molar-refractivity contribution is -0.143. The monoisotopic (exact) mass is 256 g/mol. The van der Waals surface area contributed by atoms with Gasteiger partial charge in [-0.15, -0.1) is 0 Å². The Bertz CT molecular complexity index is 305. The van der Waals surface area contributed by atoms with Crippen molar-refractivity contribution in [3.63, 3.8) is 0 Å². The Morgan fingerprint density at radius 1 is 1.22 bits per heavy atom. The zero-order chi connectivity index (χ0) is 13.7. The van der Waals surface area contributed by atoms with Crippen LogP contribution in [-0.2, 0) is 4.79 Å². The minimum atomic E-state index is -0.752. The van der Waals surface area contributed by atoms with Gasteiger partial charge < -0.3 is 15.7 Å². The van der Waals surface area contributed by atoms with Crippen LogP contribution in [0.25, 0.3) is 0 Å². The van der Waals surface area contributed by atoms with Crippen molar-refractivity contribution in [1.29, 1.82) is 0 Å². The predicted octanol–water partition coefficient (Wildman–Crippen LogP) is 1.97. The maximum absolute atomic E-state index is 11.7. The molecule has 104 valence electrons. The second-order valence-corrected chi connectivity index (χ2v) is 5.55. The number of urea groups is 1. The molecule has 18 heavy (non-hydrogen) atoms. The van der Waals surface area contributed by atoms with E-state index in [9.17, 15) is 9.59 Å². The fourth-order valence-corrected chi connectivity index (χ4v) is 2.15. The first-order valence-corrected chi connectivity index (χ1v) is 6.70. The molecule has 0 aromatic rings. The predicted molar refractivity (Wildman–Crippen MR) is 69.3 cm³/mol. The van der Waals surface area contributed by atoms with Crippen LogP contribution in [0, 0.1) is 11.8 Å². The molecule has 0 aromatic heterocycles. The van der Waals surface area contributed by atoms with Gasteiger partial charge in [0.25, 0.3) is 0 Å². The van der Waals surface area contributed by atoms with E-state index < -0.39 is 5.97 Å². The Hall–Kier alpha value is -1.26. The van der Waals surface area contributed by atoms with Crippen molar-refractivity contribution in [3.8, 4) is 0 Å². The summed E-state index contributed by atoms with van der Waals surface area (Å²) in [4.78, 5) is 22.7. The van der Waals surface area contributed by atoms with E-state index in [1.165, 1.54) is 0 Å². The average Bonchev–Trinajstić information content (AvgIpc) is 2.28. The molecular weight excluding hydrogens is 232 g/mol. The highest BCUT2D eigenvalue weighted by Gasteiger charge is 2.28. The molecule has 2 amide bonds. The van der Waals surface area contributed by atoms with Gasteiger partial charge in [0.2, 0.25) is 0 Å². The highest BCUT2D eigenvalue weighted by Crippen LogP contribution is 2.24. The molecule has 5 nitrogen and oxygen atoms in total. The van der Waals surface area contributed by atoms with Gasteiger partial charge in [-0.05, 0) is 32.1 Å². The third-order valence-corrected chi connectivity index (χ3v) is 3.72. The fourth-order valence-electron chi connectivity index (χ4n) is 2.15. The molecule has 1 rings (SSSR count). The number of rotatable bonds is 4. The van der Waals surface area contributed by atoms with E-state index in [0.29, 0.717) is 12.3 Å². The lowest BCUT2D eigenvalue weighted by Crippen LogP contribution is -2.48. The Balaban J connectivity index is 2.37. The quantitative estimate of drug-likeness (QED) is 0.719. The number of hydrogen-bond donors (Lipinski definition) is 3. The van der Waals surface area contributed by atoms with E-state index in [4.69, 9.17) is 5.11 Å². The third-order valence-electron chi connectivity index (χ3n) is 3.72. The normalized spacial score (nSPS) is 25.6. The van der Waals surface area contributed by atoms with Gasteiger partial charge >= 0.3 is 12.0 Å². The van der Waals surface area contributed by atoms with Crippen LogP contribution in [0.15, 0.2) is 0 Å². The SMILES string of the molecule is CC(C)C(C)NC(=O)NC1CCCC(C(=O)O)C1. The van der Waals surface area contributed by atoms with Crippen molar-refractivity contribution in [3.05, 3.63) is 0 Å². The molecule has 0 bridgehead atoms. The summed E-state index contributed by atoms with van der Waals surface area (Å²) in [7, 11) is 0. The molecule has 3 N–H and O–H groups in total. The average molecular weight is 256 g/mol. The van der Waals surface area contributed by atoms with Crippen LogP contribution in [0.2, 0.25) is 0 Å². The molecule has 1 saturated carbocycles. The molecule has 0 spiro atoms. The fraction of sp³-hybridized carbons (Fsp3) is 0.846. The van der Waals surface area contributed by atoms with E-state index in [1.807, 2.05) is 20.8 Å². The molecule has 1 aliphatic carbocycles. The second kappa shape index (κ2) is 6.61. The Morgan fingerprint density at radius 3 is 2.44 bits per heavy atom. The molecule has 0 heterocycles. The summed E-state index contributed by atoms with van der Waals surface area (Å²) in [6, 6.07) is -0.0877. The topological polar surface area (TPSA) is 78.4 Å². The number of nitrogens with one attached hydrogen (secondary N) is 2. The molecule has 0 saturated heterocycles. The largest absolute Gasteiger partial charge is 0.481 e. The van der Waals surface area contributed by atoms with E-state index in [2.05, 4.69) is 10.6 Å². The lowest BCUT2D eigenvalue weighted by Gasteiger charge is -2.28. The highest BCUT2D eigenvalue weighted by molar-refractivity contribution is 5.75. The van der Waals surface area contributed by atoms with Gasteiger partial charge in [0.1, 0.15) is 0 Å². The van der Waals surface area contributed by atoms with Crippen molar-refractivity contribution < 1.29 is 14.7 Å². The molecule has 1 aliphatic rings. The molecule has 3 atom stereocenters. The van der Waals surface area contributed by atoms with Gasteiger partial charge in [-0.25, -0.2) is 4.79 Å². The van der Waals surface area contributed by atoms with Crippen LogP contribution in [0.5, 0.6) is 0 Å². The summed E-state index contributed by atoms with van der Waals surface area (Å²) in [6.45, 7) is 6.06. The van der Waals surface area contributed by atoms with E-state index in [-0.39, 0.29) is 24.0 Å². The first-order chi connectivity index (χ1) is 8.40. The molecule has 5 heteroatoms. The zero-order valence-corrected chi connectivity index (χ0v) is 11.4. The minimum Gasteiger partial charge on any atom is -0.481 e. The Labute approximate surface area is 108 Å². The molecule has 0 radical (unpaired) electrons. The smallest absolute Gasteiger partial charge is 0.315 e. The summed E-state index contributed by atoms with van der Waals surface area (Å²) in [6.07, 6.45) is 2.99. The lowest BCUT2D eigenvalue weighted by atomic mass is 9.86. The zero-order valence-electron chi connectivity index (χ0n) is 11.4. The molecule has 1 fully saturated rings. The van der Waals surface area contributed by atoms with Crippen molar-refractivity contribution in [2.24, 2.45) is 11.8 Å². The van der Waals surface area contributed by atoms with Crippen LogP contribution in [0.4, 0.5) is 4.79 Å². The summed E-state index contributed by atoms with van der Waals surface area (Å²) in [5.41, 5.74) is 0. The Kier molecular flexibility index (Phi) is 5.44. The maximum Gasteiger partial charge on any atom is 0.315 e. The van der Waals surface area contributed by atoms with Crippen LogP contribution in [-0.4, -0.2) is 29.2 Å². The molecule has 3 unspecified atom stereocenters. The van der Waals surface area contributed by atoms with E-state index in [0.717, 1.165) is 19.3 Å². The summed E-state index contributed by atoms with van der Waals surface area (Å²) in [5, 5.41) is 14.7. The third kappa shape index (κ3) is 4.55. The number of carboxylic acids is 1. The minimum absolute atomic E-state index is 0.0146. The van der Waals surface area contributed by atoms with Crippen molar-refractivity contribution in [2.75, 3.05) is 0 Å². The molecule has 0 aromatic carbocycles. The van der Waals surface area contributed by atoms with Crippen molar-refractivity contribution >= 4 is 12.0 Å². The number of carbonyl (C=O) groups is 2. The van der Waals surface area contributed by atoms with Crippen LogP contribution in [0.3, 0.4) is 0 Å².